The van der Waals surface area contributed by atoms with Gasteiger partial charge in [-0.2, -0.15) is 0 Å². The molecule has 3 saturated carbocycles. The van der Waals surface area contributed by atoms with Crippen LogP contribution in [-0.2, 0) is 28.6 Å². The van der Waals surface area contributed by atoms with Crippen LogP contribution in [0.5, 0.6) is 0 Å². The lowest BCUT2D eigenvalue weighted by atomic mass is 9.46. The highest BCUT2D eigenvalue weighted by atomic mass is 16.6. The van der Waals surface area contributed by atoms with E-state index < -0.39 is 18.3 Å². The van der Waals surface area contributed by atoms with E-state index in [1.807, 2.05) is 0 Å². The van der Waals surface area contributed by atoms with Gasteiger partial charge in [-0.3, -0.25) is 14.4 Å². The van der Waals surface area contributed by atoms with Gasteiger partial charge in [0.15, 0.2) is 0 Å². The molecule has 3 fully saturated rings. The van der Waals surface area contributed by atoms with E-state index >= 15 is 0 Å². The first-order chi connectivity index (χ1) is 19.6. The molecule has 0 bridgehead atoms. The van der Waals surface area contributed by atoms with E-state index in [1.165, 1.54) is 26.3 Å². The van der Waals surface area contributed by atoms with Crippen LogP contribution in [0.4, 0.5) is 0 Å². The minimum atomic E-state index is -0.520. The largest absolute Gasteiger partial charge is 0.462 e. The summed E-state index contributed by atoms with van der Waals surface area (Å²) in [5.41, 5.74) is 1.26. The minimum absolute atomic E-state index is 0.000749. The molecule has 238 valence electrons. The second kappa shape index (κ2) is 12.6. The molecule has 0 aliphatic heterocycles. The van der Waals surface area contributed by atoms with E-state index in [0.29, 0.717) is 18.3 Å². The van der Waals surface area contributed by atoms with Crippen LogP contribution in [0.25, 0.3) is 0 Å². The Morgan fingerprint density at radius 1 is 0.905 bits per heavy atom. The van der Waals surface area contributed by atoms with Gasteiger partial charge < -0.3 is 19.3 Å². The standard InChI is InChI=1S/C35H56O7/c1-10-26(19(2)3)33(42-23(7)38)32(41-22(6)37)20(4)27-11-12-28-31-29(14-16-35(27,28)9)34(8)15-13-25(40-21(5)36)17-24(34)18-30(31)39/h18-20,25-33,39H,10-17H2,1-9H3/t20-,25-,26-,27+,28-,29-,30+,31-,32+,33+,34-,35+/m0/s1. The van der Waals surface area contributed by atoms with Crippen LogP contribution < -0.4 is 0 Å². The van der Waals surface area contributed by atoms with Crippen LogP contribution in [0.2, 0.25) is 0 Å². The molecule has 4 rings (SSSR count). The summed E-state index contributed by atoms with van der Waals surface area (Å²) in [6.45, 7) is 17.7. The quantitative estimate of drug-likeness (QED) is 0.183. The van der Waals surface area contributed by atoms with Gasteiger partial charge in [0.25, 0.3) is 0 Å². The molecule has 7 heteroatoms. The molecule has 0 heterocycles. The highest BCUT2D eigenvalue weighted by Crippen LogP contribution is 2.67. The van der Waals surface area contributed by atoms with Crippen molar-refractivity contribution < 1.29 is 33.7 Å². The van der Waals surface area contributed by atoms with Crippen molar-refractivity contribution in [3.05, 3.63) is 11.6 Å². The maximum absolute atomic E-state index is 12.5. The third-order valence-electron chi connectivity index (χ3n) is 12.3. The Bertz CT molecular complexity index is 1050. The van der Waals surface area contributed by atoms with Gasteiger partial charge in [0.05, 0.1) is 6.10 Å². The fraction of sp³-hybridized carbons (Fsp3) is 0.857. The predicted molar refractivity (Wildman–Crippen MR) is 161 cm³/mol. The zero-order chi connectivity index (χ0) is 31.1. The summed E-state index contributed by atoms with van der Waals surface area (Å²) in [5.74, 6) is 0.620. The van der Waals surface area contributed by atoms with Crippen molar-refractivity contribution in [2.75, 3.05) is 0 Å². The molecule has 0 saturated heterocycles. The Morgan fingerprint density at radius 3 is 2.12 bits per heavy atom. The van der Waals surface area contributed by atoms with Crippen molar-refractivity contribution in [1.29, 1.82) is 0 Å². The Hall–Kier alpha value is -1.89. The number of carbonyl (C=O) groups is 3. The second-order valence-corrected chi connectivity index (χ2v) is 14.9. The van der Waals surface area contributed by atoms with E-state index in [-0.39, 0.29) is 64.4 Å². The zero-order valence-electron chi connectivity index (χ0n) is 27.5. The van der Waals surface area contributed by atoms with Crippen LogP contribution in [0.1, 0.15) is 114 Å². The molecule has 4 aliphatic carbocycles. The fourth-order valence-corrected chi connectivity index (χ4v) is 10.4. The summed E-state index contributed by atoms with van der Waals surface area (Å²) in [5, 5.41) is 11.7. The van der Waals surface area contributed by atoms with Gasteiger partial charge in [-0.05, 0) is 85.4 Å². The van der Waals surface area contributed by atoms with Crippen molar-refractivity contribution in [3.8, 4) is 0 Å². The molecule has 42 heavy (non-hydrogen) atoms. The second-order valence-electron chi connectivity index (χ2n) is 14.9. The summed E-state index contributed by atoms with van der Waals surface area (Å²) in [7, 11) is 0. The molecule has 0 spiro atoms. The van der Waals surface area contributed by atoms with Crippen molar-refractivity contribution in [2.24, 2.45) is 52.3 Å². The smallest absolute Gasteiger partial charge is 0.303 e. The molecule has 0 radical (unpaired) electrons. The number of ether oxygens (including phenoxy) is 3. The van der Waals surface area contributed by atoms with Crippen LogP contribution in [0.3, 0.4) is 0 Å². The molecule has 4 aliphatic rings. The maximum atomic E-state index is 12.5. The molecule has 0 aromatic rings. The lowest BCUT2D eigenvalue weighted by molar-refractivity contribution is -0.182. The number of hydrogen-bond donors (Lipinski definition) is 1. The van der Waals surface area contributed by atoms with Crippen molar-refractivity contribution >= 4 is 17.9 Å². The van der Waals surface area contributed by atoms with Crippen molar-refractivity contribution in [2.45, 2.75) is 138 Å². The molecular weight excluding hydrogens is 532 g/mol. The van der Waals surface area contributed by atoms with Gasteiger partial charge in [0.1, 0.15) is 18.3 Å². The third-order valence-corrected chi connectivity index (χ3v) is 12.3. The van der Waals surface area contributed by atoms with Gasteiger partial charge in [-0.25, -0.2) is 0 Å². The van der Waals surface area contributed by atoms with E-state index in [0.717, 1.165) is 44.9 Å². The van der Waals surface area contributed by atoms with E-state index in [2.05, 4.69) is 47.6 Å². The highest BCUT2D eigenvalue weighted by Gasteiger charge is 2.62. The lowest BCUT2D eigenvalue weighted by Gasteiger charge is -2.59. The lowest BCUT2D eigenvalue weighted by Crippen LogP contribution is -2.56. The van der Waals surface area contributed by atoms with E-state index in [4.69, 9.17) is 14.2 Å². The van der Waals surface area contributed by atoms with Gasteiger partial charge >= 0.3 is 17.9 Å². The zero-order valence-corrected chi connectivity index (χ0v) is 27.5. The number of carbonyl (C=O) groups excluding carboxylic acids is 3. The summed E-state index contributed by atoms with van der Waals surface area (Å²) < 4.78 is 17.7. The van der Waals surface area contributed by atoms with Crippen LogP contribution in [0, 0.1) is 52.3 Å². The monoisotopic (exact) mass is 588 g/mol. The average Bonchev–Trinajstić information content (AvgIpc) is 3.24. The maximum Gasteiger partial charge on any atom is 0.303 e. The molecule has 12 atom stereocenters. The van der Waals surface area contributed by atoms with Crippen molar-refractivity contribution in [3.63, 3.8) is 0 Å². The number of aliphatic hydroxyl groups is 1. The first kappa shape index (κ1) is 33.0. The van der Waals surface area contributed by atoms with Crippen LogP contribution in [0.15, 0.2) is 11.6 Å². The van der Waals surface area contributed by atoms with Gasteiger partial charge in [0, 0.05) is 39.0 Å². The molecule has 1 N–H and O–H groups in total. The van der Waals surface area contributed by atoms with Crippen LogP contribution >= 0.6 is 0 Å². The van der Waals surface area contributed by atoms with Crippen molar-refractivity contribution in [1.82, 2.24) is 0 Å². The third kappa shape index (κ3) is 6.05. The Morgan fingerprint density at radius 2 is 1.55 bits per heavy atom. The first-order valence-corrected chi connectivity index (χ1v) is 16.5. The predicted octanol–water partition coefficient (Wildman–Crippen LogP) is 6.65. The van der Waals surface area contributed by atoms with E-state index in [1.54, 1.807) is 0 Å². The molecule has 0 unspecified atom stereocenters. The molecule has 0 aromatic heterocycles. The summed E-state index contributed by atoms with van der Waals surface area (Å²) in [4.78, 5) is 36.4. The number of hydrogen-bond acceptors (Lipinski definition) is 7. The molecule has 0 aromatic carbocycles. The molecular formula is C35H56O7. The minimum Gasteiger partial charge on any atom is -0.462 e. The average molecular weight is 589 g/mol. The van der Waals surface area contributed by atoms with Gasteiger partial charge in [-0.15, -0.1) is 0 Å². The van der Waals surface area contributed by atoms with Gasteiger partial charge in [0.2, 0.25) is 0 Å². The summed E-state index contributed by atoms with van der Waals surface area (Å²) >= 11 is 0. The number of fused-ring (bicyclic) bond motifs is 5. The van der Waals surface area contributed by atoms with Gasteiger partial charge in [-0.1, -0.05) is 53.2 Å². The SMILES string of the molecule is CC[C@@H](C(C)C)[C@@H](OC(C)=O)[C@H](OC(C)=O)[C@@H](C)[C@H]1CC[C@H]2[C@@H]3[C@H](O)C=C4C[C@@H](OC(C)=O)CC[C@]4(C)[C@H]3CC[C@]12C. The highest BCUT2D eigenvalue weighted by molar-refractivity contribution is 5.67. The normalized spacial score (nSPS) is 38.6. The van der Waals surface area contributed by atoms with E-state index in [9.17, 15) is 19.5 Å². The summed E-state index contributed by atoms with van der Waals surface area (Å²) in [6.07, 6.45) is 7.98. The Labute approximate surface area is 253 Å². The molecule has 0 amide bonds. The Kier molecular flexibility index (Phi) is 9.91. The number of rotatable bonds is 9. The number of esters is 3. The number of aliphatic hydroxyl groups excluding tert-OH is 1. The summed E-state index contributed by atoms with van der Waals surface area (Å²) in [6, 6.07) is 0. The molecule has 7 nitrogen and oxygen atoms in total. The topological polar surface area (TPSA) is 99.1 Å². The fourth-order valence-electron chi connectivity index (χ4n) is 10.4. The van der Waals surface area contributed by atoms with Crippen LogP contribution in [-0.4, -0.2) is 47.4 Å². The first-order valence-electron chi connectivity index (χ1n) is 16.5. The Balaban J connectivity index is 1.63.